The van der Waals surface area contributed by atoms with Crippen LogP contribution in [0.25, 0.3) is 11.5 Å². The van der Waals surface area contributed by atoms with Gasteiger partial charge in [0.2, 0.25) is 11.8 Å². The summed E-state index contributed by atoms with van der Waals surface area (Å²) in [5, 5.41) is 18.6. The van der Waals surface area contributed by atoms with Crippen molar-refractivity contribution in [2.75, 3.05) is 7.11 Å². The zero-order valence-electron chi connectivity index (χ0n) is 14.3. The largest absolute Gasteiger partial charge is 0.469 e. The molecule has 7 heteroatoms. The molecular formula is C20H14ClN3O3. The van der Waals surface area contributed by atoms with Crippen LogP contribution in [0.1, 0.15) is 17.4 Å². The quantitative estimate of drug-likeness (QED) is 0.641. The Labute approximate surface area is 160 Å². The molecule has 0 bridgehead atoms. The van der Waals surface area contributed by atoms with E-state index < -0.39 is 23.2 Å². The van der Waals surface area contributed by atoms with E-state index in [1.54, 1.807) is 24.3 Å². The summed E-state index contributed by atoms with van der Waals surface area (Å²) >= 11 is 6.32. The van der Waals surface area contributed by atoms with E-state index in [-0.39, 0.29) is 11.8 Å². The fourth-order valence-corrected chi connectivity index (χ4v) is 3.78. The van der Waals surface area contributed by atoms with Crippen LogP contribution in [-0.2, 0) is 14.9 Å². The molecule has 3 aromatic rings. The fourth-order valence-electron chi connectivity index (χ4n) is 3.53. The topological polar surface area (TPSA) is 89.0 Å². The van der Waals surface area contributed by atoms with Crippen LogP contribution in [0, 0.1) is 17.2 Å². The second kappa shape index (κ2) is 6.53. The highest BCUT2D eigenvalue weighted by atomic mass is 35.5. The molecule has 1 heterocycles. The molecule has 134 valence electrons. The van der Waals surface area contributed by atoms with E-state index in [9.17, 15) is 10.1 Å². The lowest BCUT2D eigenvalue weighted by atomic mass is 10.00. The van der Waals surface area contributed by atoms with E-state index in [0.29, 0.717) is 10.6 Å². The molecule has 4 rings (SSSR count). The number of carbonyl (C=O) groups excluding carboxylic acids is 1. The summed E-state index contributed by atoms with van der Waals surface area (Å²) in [5.74, 6) is -1.43. The number of benzene rings is 2. The van der Waals surface area contributed by atoms with Gasteiger partial charge in [0.25, 0.3) is 0 Å². The van der Waals surface area contributed by atoms with E-state index in [4.69, 9.17) is 20.8 Å². The van der Waals surface area contributed by atoms with Crippen molar-refractivity contribution in [3.8, 4) is 17.5 Å². The third-order valence-electron chi connectivity index (χ3n) is 4.89. The Bertz CT molecular complexity index is 1040. The summed E-state index contributed by atoms with van der Waals surface area (Å²) in [6, 6.07) is 18.5. The van der Waals surface area contributed by atoms with Crippen molar-refractivity contribution >= 4 is 17.6 Å². The van der Waals surface area contributed by atoms with Gasteiger partial charge in [0.05, 0.1) is 19.1 Å². The Morgan fingerprint density at radius 1 is 1.19 bits per heavy atom. The van der Waals surface area contributed by atoms with Crippen LogP contribution in [0.2, 0.25) is 5.02 Å². The van der Waals surface area contributed by atoms with Crippen LogP contribution in [0.5, 0.6) is 0 Å². The molecule has 6 nitrogen and oxygen atoms in total. The normalized spacial score (nSPS) is 23.4. The Morgan fingerprint density at radius 2 is 1.89 bits per heavy atom. The lowest BCUT2D eigenvalue weighted by molar-refractivity contribution is -0.142. The van der Waals surface area contributed by atoms with Crippen LogP contribution in [-0.4, -0.2) is 23.3 Å². The van der Waals surface area contributed by atoms with E-state index in [2.05, 4.69) is 16.3 Å². The van der Waals surface area contributed by atoms with Gasteiger partial charge in [-0.1, -0.05) is 48.0 Å². The summed E-state index contributed by atoms with van der Waals surface area (Å²) in [5.41, 5.74) is 0.0995. The average molecular weight is 380 g/mol. The zero-order valence-corrected chi connectivity index (χ0v) is 15.1. The molecule has 1 aliphatic carbocycles. The molecule has 0 N–H and O–H groups in total. The molecule has 1 aromatic heterocycles. The fraction of sp³-hybridized carbons (Fsp3) is 0.200. The number of halogens is 1. The number of hydrogen-bond acceptors (Lipinski definition) is 6. The Kier molecular flexibility index (Phi) is 4.17. The third-order valence-corrected chi connectivity index (χ3v) is 5.23. The van der Waals surface area contributed by atoms with Gasteiger partial charge in [-0.05, 0) is 23.8 Å². The molecule has 1 aliphatic rings. The molecule has 27 heavy (non-hydrogen) atoms. The van der Waals surface area contributed by atoms with Crippen LogP contribution in [0.15, 0.2) is 59.0 Å². The van der Waals surface area contributed by atoms with Gasteiger partial charge in [-0.25, -0.2) is 0 Å². The second-order valence-electron chi connectivity index (χ2n) is 6.26. The van der Waals surface area contributed by atoms with Gasteiger partial charge in [-0.3, -0.25) is 4.79 Å². The van der Waals surface area contributed by atoms with Crippen molar-refractivity contribution in [1.82, 2.24) is 10.2 Å². The smallest absolute Gasteiger partial charge is 0.311 e. The number of nitrogens with zero attached hydrogens (tertiary/aromatic N) is 3. The van der Waals surface area contributed by atoms with E-state index in [1.165, 1.54) is 7.11 Å². The summed E-state index contributed by atoms with van der Waals surface area (Å²) < 4.78 is 10.7. The molecule has 0 saturated heterocycles. The van der Waals surface area contributed by atoms with Gasteiger partial charge in [-0.2, -0.15) is 5.26 Å². The summed E-state index contributed by atoms with van der Waals surface area (Å²) in [6.45, 7) is 0. The van der Waals surface area contributed by atoms with Crippen molar-refractivity contribution in [3.05, 3.63) is 71.1 Å². The Hall–Kier alpha value is -3.17. The van der Waals surface area contributed by atoms with Crippen molar-refractivity contribution in [2.45, 2.75) is 11.3 Å². The third kappa shape index (κ3) is 2.59. The number of hydrogen-bond donors (Lipinski definition) is 0. The maximum absolute atomic E-state index is 12.4. The monoisotopic (exact) mass is 379 g/mol. The predicted octanol–water partition coefficient (Wildman–Crippen LogP) is 3.74. The lowest BCUT2D eigenvalue weighted by Gasteiger charge is -2.05. The number of carbonyl (C=O) groups is 1. The minimum Gasteiger partial charge on any atom is -0.469 e. The van der Waals surface area contributed by atoms with Gasteiger partial charge in [0, 0.05) is 16.5 Å². The van der Waals surface area contributed by atoms with Crippen LogP contribution < -0.4 is 0 Å². The molecule has 0 aliphatic heterocycles. The maximum atomic E-state index is 12.4. The summed E-state index contributed by atoms with van der Waals surface area (Å²) in [4.78, 5) is 12.4. The van der Waals surface area contributed by atoms with Gasteiger partial charge in [-0.15, -0.1) is 10.2 Å². The van der Waals surface area contributed by atoms with Crippen molar-refractivity contribution in [3.63, 3.8) is 0 Å². The maximum Gasteiger partial charge on any atom is 0.311 e. The van der Waals surface area contributed by atoms with Gasteiger partial charge < -0.3 is 9.15 Å². The summed E-state index contributed by atoms with van der Waals surface area (Å²) in [6.07, 6.45) is 0. The van der Waals surface area contributed by atoms with E-state index in [1.807, 2.05) is 30.3 Å². The Morgan fingerprint density at radius 3 is 2.56 bits per heavy atom. The second-order valence-corrected chi connectivity index (χ2v) is 6.67. The van der Waals surface area contributed by atoms with Crippen molar-refractivity contribution < 1.29 is 13.9 Å². The number of nitriles is 1. The highest BCUT2D eigenvalue weighted by Gasteiger charge is 2.75. The zero-order chi connectivity index (χ0) is 19.0. The molecule has 0 radical (unpaired) electrons. The number of ether oxygens (including phenoxy) is 1. The van der Waals surface area contributed by atoms with Crippen LogP contribution in [0.3, 0.4) is 0 Å². The predicted molar refractivity (Wildman–Crippen MR) is 96.7 cm³/mol. The SMILES string of the molecule is COC(=O)[C@@H]1[C@H](c2ccccc2Cl)[C@@]1(C#N)c1nnc(-c2ccccc2)o1. The average Bonchev–Trinajstić information content (AvgIpc) is 3.13. The first-order chi connectivity index (χ1) is 13.1. The van der Waals surface area contributed by atoms with E-state index in [0.717, 1.165) is 5.56 Å². The molecule has 2 aromatic carbocycles. The van der Waals surface area contributed by atoms with Crippen molar-refractivity contribution in [1.29, 1.82) is 5.26 Å². The van der Waals surface area contributed by atoms with Gasteiger partial charge >= 0.3 is 5.97 Å². The van der Waals surface area contributed by atoms with E-state index >= 15 is 0 Å². The minimum absolute atomic E-state index is 0.0872. The first-order valence-corrected chi connectivity index (χ1v) is 8.64. The van der Waals surface area contributed by atoms with Crippen LogP contribution in [0.4, 0.5) is 0 Å². The Balaban J connectivity index is 1.81. The molecule has 0 spiro atoms. The number of esters is 1. The standard InChI is InChI=1S/C20H14ClN3O3/c1-26-18(25)16-15(13-9-5-6-10-14(13)21)20(16,11-22)19-24-23-17(27-19)12-7-3-2-4-8-12/h2-10,15-16H,1H3/t15-,16-,20+/m0/s1. The first kappa shape index (κ1) is 17.3. The molecule has 3 atom stereocenters. The number of methoxy groups -OCH3 is 1. The minimum atomic E-state index is -1.31. The highest BCUT2D eigenvalue weighted by molar-refractivity contribution is 6.31. The van der Waals surface area contributed by atoms with Gasteiger partial charge in [0.15, 0.2) is 5.41 Å². The van der Waals surface area contributed by atoms with Gasteiger partial charge in [0.1, 0.15) is 0 Å². The molecule has 1 fully saturated rings. The molecule has 0 unspecified atom stereocenters. The van der Waals surface area contributed by atoms with Crippen LogP contribution >= 0.6 is 11.6 Å². The summed E-state index contributed by atoms with van der Waals surface area (Å²) in [7, 11) is 1.29. The first-order valence-electron chi connectivity index (χ1n) is 8.26. The number of aromatic nitrogens is 2. The number of rotatable bonds is 4. The highest BCUT2D eigenvalue weighted by Crippen LogP contribution is 2.66. The molecule has 1 saturated carbocycles. The van der Waals surface area contributed by atoms with Crippen molar-refractivity contribution in [2.24, 2.45) is 5.92 Å². The molecular weight excluding hydrogens is 366 g/mol. The lowest BCUT2D eigenvalue weighted by Crippen LogP contribution is -2.15. The molecule has 0 amide bonds.